The highest BCUT2D eigenvalue weighted by Crippen LogP contribution is 2.36. The fraction of sp³-hybridized carbons (Fsp3) is 0.750. The second kappa shape index (κ2) is 9.17. The Kier molecular flexibility index (Phi) is 9.08. The second-order valence-electron chi connectivity index (χ2n) is 7.22. The molecule has 4 nitrogen and oxygen atoms in total. The van der Waals surface area contributed by atoms with Crippen LogP contribution in [0, 0.1) is 0 Å². The predicted octanol–water partition coefficient (Wildman–Crippen LogP) is 4.63. The van der Waals surface area contributed by atoms with E-state index in [-0.39, 0.29) is 23.3 Å². The van der Waals surface area contributed by atoms with Gasteiger partial charge in [-0.2, -0.15) is 0 Å². The molecular formula is C16H29IO4Si. The van der Waals surface area contributed by atoms with Crippen LogP contribution in [0.15, 0.2) is 9.66 Å². The molecule has 0 aromatic heterocycles. The summed E-state index contributed by atoms with van der Waals surface area (Å²) >= 11 is 2.17. The van der Waals surface area contributed by atoms with Crippen molar-refractivity contribution in [3.05, 3.63) is 9.66 Å². The van der Waals surface area contributed by atoms with E-state index >= 15 is 0 Å². The van der Waals surface area contributed by atoms with Gasteiger partial charge in [-0.25, -0.2) is 0 Å². The lowest BCUT2D eigenvalue weighted by Crippen LogP contribution is -2.43. The van der Waals surface area contributed by atoms with E-state index in [1.165, 1.54) is 6.92 Å². The summed E-state index contributed by atoms with van der Waals surface area (Å²) in [6, 6.07) is 0. The van der Waals surface area contributed by atoms with Crippen LogP contribution in [0.4, 0.5) is 0 Å². The molecule has 0 spiro atoms. The molecule has 128 valence electrons. The molecule has 0 heterocycles. The van der Waals surface area contributed by atoms with E-state index < -0.39 is 14.3 Å². The number of esters is 1. The van der Waals surface area contributed by atoms with Crippen molar-refractivity contribution in [1.29, 1.82) is 0 Å². The molecule has 0 bridgehead atoms. The molecule has 0 rings (SSSR count). The maximum atomic E-state index is 11.7. The topological polar surface area (TPSA) is 52.6 Å². The van der Waals surface area contributed by atoms with E-state index in [1.54, 1.807) is 0 Å². The number of Topliss-reactive ketones (excluding diaryl/α,β-unsaturated/α-hetero) is 1. The first kappa shape index (κ1) is 21.8. The Hall–Kier alpha value is -0.213. The molecule has 0 aliphatic rings. The number of hydrogen-bond acceptors (Lipinski definition) is 4. The zero-order valence-electron chi connectivity index (χ0n) is 14.8. The fourth-order valence-corrected chi connectivity index (χ4v) is 2.78. The monoisotopic (exact) mass is 440 g/mol. The Bertz CT molecular complexity index is 424. The molecular weight excluding hydrogens is 411 g/mol. The summed E-state index contributed by atoms with van der Waals surface area (Å²) in [5.74, 6) is -0.659. The zero-order chi connectivity index (χ0) is 17.6. The quantitative estimate of drug-likeness (QED) is 0.239. The first-order chi connectivity index (χ1) is 9.89. The number of carbonyl (C=O) groups is 2. The van der Waals surface area contributed by atoms with Gasteiger partial charge >= 0.3 is 5.97 Å². The fourth-order valence-electron chi connectivity index (χ4n) is 1.49. The third-order valence-corrected chi connectivity index (χ3v) is 9.43. The van der Waals surface area contributed by atoms with Crippen LogP contribution in [0.1, 0.15) is 47.5 Å². The molecule has 0 aromatic rings. The van der Waals surface area contributed by atoms with Gasteiger partial charge in [-0.15, -0.1) is 0 Å². The van der Waals surface area contributed by atoms with Gasteiger partial charge in [0, 0.05) is 6.42 Å². The number of rotatable bonds is 8. The maximum absolute atomic E-state index is 11.7. The van der Waals surface area contributed by atoms with Crippen molar-refractivity contribution in [2.75, 3.05) is 6.61 Å². The third kappa shape index (κ3) is 8.43. The standard InChI is InChI=1S/C16H29IO4Si/c1-12(10-17)8-14(21-15(19)9-13(2)18)11-20-22(6,7)16(3,4)5/h10,14H,8-9,11H2,1-7H3/b12-10+. The summed E-state index contributed by atoms with van der Waals surface area (Å²) in [7, 11) is -1.89. The van der Waals surface area contributed by atoms with Gasteiger partial charge in [-0.3, -0.25) is 9.59 Å². The summed E-state index contributed by atoms with van der Waals surface area (Å²) in [4.78, 5) is 22.8. The molecule has 6 heteroatoms. The molecule has 0 fully saturated rings. The highest BCUT2D eigenvalue weighted by molar-refractivity contribution is 14.1. The summed E-state index contributed by atoms with van der Waals surface area (Å²) in [6.45, 7) is 14.6. The van der Waals surface area contributed by atoms with Crippen LogP contribution in [0.2, 0.25) is 18.1 Å². The zero-order valence-corrected chi connectivity index (χ0v) is 17.9. The van der Waals surface area contributed by atoms with Gasteiger partial charge in [-0.05, 0) is 36.1 Å². The van der Waals surface area contributed by atoms with Crippen LogP contribution in [0.3, 0.4) is 0 Å². The van der Waals surface area contributed by atoms with Gasteiger partial charge in [0.05, 0.1) is 6.61 Å². The molecule has 0 radical (unpaired) electrons. The first-order valence-electron chi connectivity index (χ1n) is 7.47. The lowest BCUT2D eigenvalue weighted by atomic mass is 10.1. The summed E-state index contributed by atoms with van der Waals surface area (Å²) in [5.41, 5.74) is 1.13. The molecule has 1 atom stereocenters. The van der Waals surface area contributed by atoms with Crippen molar-refractivity contribution in [3.63, 3.8) is 0 Å². The largest absolute Gasteiger partial charge is 0.459 e. The average Bonchev–Trinajstić information content (AvgIpc) is 2.33. The van der Waals surface area contributed by atoms with Crippen LogP contribution in [0.25, 0.3) is 0 Å². The molecule has 0 aromatic carbocycles. The van der Waals surface area contributed by atoms with Crippen molar-refractivity contribution in [3.8, 4) is 0 Å². The maximum Gasteiger partial charge on any atom is 0.313 e. The van der Waals surface area contributed by atoms with Crippen molar-refractivity contribution < 1.29 is 18.8 Å². The third-order valence-electron chi connectivity index (χ3n) is 3.86. The average molecular weight is 440 g/mol. The van der Waals surface area contributed by atoms with Crippen LogP contribution < -0.4 is 0 Å². The van der Waals surface area contributed by atoms with Gasteiger partial charge in [0.25, 0.3) is 0 Å². The molecule has 1 unspecified atom stereocenters. The highest BCUT2D eigenvalue weighted by Gasteiger charge is 2.37. The van der Waals surface area contributed by atoms with E-state index in [4.69, 9.17) is 9.16 Å². The normalized spacial score (nSPS) is 14.6. The van der Waals surface area contributed by atoms with Gasteiger partial charge in [0.2, 0.25) is 0 Å². The van der Waals surface area contributed by atoms with Crippen molar-refractivity contribution in [1.82, 2.24) is 0 Å². The summed E-state index contributed by atoms with van der Waals surface area (Å²) in [5, 5.41) is 0.106. The Balaban J connectivity index is 4.81. The molecule has 0 amide bonds. The van der Waals surface area contributed by atoms with Gasteiger partial charge in [-0.1, -0.05) is 48.9 Å². The minimum atomic E-state index is -1.89. The summed E-state index contributed by atoms with van der Waals surface area (Å²) < 4.78 is 13.6. The molecule has 0 saturated carbocycles. The van der Waals surface area contributed by atoms with E-state index in [0.717, 1.165) is 5.57 Å². The molecule has 0 saturated heterocycles. The Morgan fingerprint density at radius 1 is 1.23 bits per heavy atom. The second-order valence-corrected chi connectivity index (χ2v) is 12.7. The predicted molar refractivity (Wildman–Crippen MR) is 101 cm³/mol. The number of hydrogen-bond donors (Lipinski definition) is 0. The lowest BCUT2D eigenvalue weighted by molar-refractivity contribution is -0.152. The number of ketones is 1. The van der Waals surface area contributed by atoms with E-state index in [1.807, 2.05) is 11.0 Å². The van der Waals surface area contributed by atoms with Crippen molar-refractivity contribution >= 4 is 42.7 Å². The highest BCUT2D eigenvalue weighted by atomic mass is 127. The van der Waals surface area contributed by atoms with Gasteiger partial charge in [0.15, 0.2) is 8.32 Å². The van der Waals surface area contributed by atoms with Crippen molar-refractivity contribution in [2.24, 2.45) is 0 Å². The molecule has 22 heavy (non-hydrogen) atoms. The minimum absolute atomic E-state index is 0.106. The summed E-state index contributed by atoms with van der Waals surface area (Å²) in [6.07, 6.45) is 0.108. The van der Waals surface area contributed by atoms with Crippen LogP contribution >= 0.6 is 22.6 Å². The molecule has 0 N–H and O–H groups in total. The van der Waals surface area contributed by atoms with E-state index in [2.05, 4.69) is 56.5 Å². The number of carbonyl (C=O) groups excluding carboxylic acids is 2. The van der Waals surface area contributed by atoms with Gasteiger partial charge < -0.3 is 9.16 Å². The smallest absolute Gasteiger partial charge is 0.313 e. The van der Waals surface area contributed by atoms with Crippen LogP contribution in [-0.4, -0.2) is 32.8 Å². The van der Waals surface area contributed by atoms with E-state index in [0.29, 0.717) is 13.0 Å². The Morgan fingerprint density at radius 3 is 2.18 bits per heavy atom. The molecule has 0 aliphatic heterocycles. The van der Waals surface area contributed by atoms with E-state index in [9.17, 15) is 9.59 Å². The van der Waals surface area contributed by atoms with Gasteiger partial charge in [0.1, 0.15) is 18.3 Å². The van der Waals surface area contributed by atoms with Crippen molar-refractivity contribution in [2.45, 2.75) is 71.7 Å². The SMILES string of the molecule is CC(=O)CC(=O)OC(CO[Si](C)(C)C(C)(C)C)C/C(C)=C/I. The van der Waals surface area contributed by atoms with Crippen LogP contribution in [-0.2, 0) is 18.8 Å². The minimum Gasteiger partial charge on any atom is -0.459 e. The number of halogens is 1. The lowest BCUT2D eigenvalue weighted by Gasteiger charge is -2.37. The number of ether oxygens (including phenoxy) is 1. The first-order valence-corrected chi connectivity index (χ1v) is 11.6. The van der Waals surface area contributed by atoms with Crippen LogP contribution in [0.5, 0.6) is 0 Å². The molecule has 0 aliphatic carbocycles. The Labute approximate surface area is 149 Å². The Morgan fingerprint density at radius 2 is 1.77 bits per heavy atom.